The molecule has 0 spiro atoms. The zero-order chi connectivity index (χ0) is 17.5. The van der Waals surface area contributed by atoms with Crippen molar-refractivity contribution in [2.45, 2.75) is 11.3 Å². The molecule has 0 aliphatic carbocycles. The van der Waals surface area contributed by atoms with Gasteiger partial charge in [0.15, 0.2) is 4.34 Å². The van der Waals surface area contributed by atoms with E-state index in [4.69, 9.17) is 0 Å². The van der Waals surface area contributed by atoms with Crippen molar-refractivity contribution in [2.24, 2.45) is 0 Å². The highest BCUT2D eigenvalue weighted by Gasteiger charge is 2.10. The molecule has 25 heavy (non-hydrogen) atoms. The van der Waals surface area contributed by atoms with Gasteiger partial charge < -0.3 is 0 Å². The number of aromatic nitrogens is 2. The molecule has 0 bridgehead atoms. The van der Waals surface area contributed by atoms with Crippen LogP contribution in [0.2, 0.25) is 0 Å². The largest absolute Gasteiger partial charge is 0.296 e. The Bertz CT molecular complexity index is 875. The van der Waals surface area contributed by atoms with Gasteiger partial charge in [-0.3, -0.25) is 10.1 Å². The van der Waals surface area contributed by atoms with Gasteiger partial charge in [-0.1, -0.05) is 83.3 Å². The molecule has 3 aromatic rings. The Morgan fingerprint density at radius 2 is 2.00 bits per heavy atom. The number of hydrogen-bond acceptors (Lipinski definition) is 5. The van der Waals surface area contributed by atoms with E-state index in [1.165, 1.54) is 16.9 Å². The van der Waals surface area contributed by atoms with Gasteiger partial charge in [-0.05, 0) is 24.6 Å². The van der Waals surface area contributed by atoms with E-state index in [1.54, 1.807) is 17.8 Å². The molecule has 6 heteroatoms. The summed E-state index contributed by atoms with van der Waals surface area (Å²) >= 11 is 2.97. The predicted octanol–water partition coefficient (Wildman–Crippen LogP) is 4.90. The highest BCUT2D eigenvalue weighted by atomic mass is 32.2. The lowest BCUT2D eigenvalue weighted by Crippen LogP contribution is -2.11. The van der Waals surface area contributed by atoms with Gasteiger partial charge in [0.05, 0.1) is 0 Å². The topological polar surface area (TPSA) is 54.9 Å². The predicted molar refractivity (Wildman–Crippen MR) is 105 cm³/mol. The first-order valence-electron chi connectivity index (χ1n) is 7.76. The van der Waals surface area contributed by atoms with Crippen molar-refractivity contribution in [1.82, 2.24) is 10.2 Å². The Labute approximate surface area is 155 Å². The molecule has 1 aromatic heterocycles. The number of nitrogens with zero attached hydrogens (tertiary/aromatic N) is 2. The van der Waals surface area contributed by atoms with E-state index >= 15 is 0 Å². The lowest BCUT2D eigenvalue weighted by atomic mass is 10.1. The molecule has 0 radical (unpaired) electrons. The third-order valence-electron chi connectivity index (χ3n) is 3.32. The maximum Gasteiger partial charge on any atom is 0.257 e. The first-order chi connectivity index (χ1) is 12.2. The minimum Gasteiger partial charge on any atom is -0.296 e. The molecule has 2 aromatic carbocycles. The average Bonchev–Trinajstić information content (AvgIpc) is 3.07. The minimum absolute atomic E-state index is 0.166. The van der Waals surface area contributed by atoms with Crippen molar-refractivity contribution in [3.8, 4) is 0 Å². The number of aryl methyl sites for hydroxylation is 1. The van der Waals surface area contributed by atoms with Crippen LogP contribution in [0.3, 0.4) is 0 Å². The van der Waals surface area contributed by atoms with Crippen LogP contribution in [0.25, 0.3) is 6.08 Å². The molecule has 1 N–H and O–H groups in total. The molecule has 1 amide bonds. The average molecular weight is 367 g/mol. The highest BCUT2D eigenvalue weighted by Crippen LogP contribution is 2.26. The second-order valence-electron chi connectivity index (χ2n) is 5.32. The monoisotopic (exact) mass is 367 g/mol. The van der Waals surface area contributed by atoms with Gasteiger partial charge in [0, 0.05) is 11.3 Å². The maximum atomic E-state index is 12.2. The lowest BCUT2D eigenvalue weighted by Gasteiger charge is -2.01. The SMILES string of the molecule is Cc1cccc(C(=O)Nc2nnc(SC/C=C/c3ccccc3)s2)c1. The number of amides is 1. The molecule has 0 atom stereocenters. The van der Waals surface area contributed by atoms with Crippen LogP contribution in [0, 0.1) is 6.92 Å². The summed E-state index contributed by atoms with van der Waals surface area (Å²) in [6, 6.07) is 17.6. The maximum absolute atomic E-state index is 12.2. The van der Waals surface area contributed by atoms with Crippen molar-refractivity contribution in [2.75, 3.05) is 11.1 Å². The summed E-state index contributed by atoms with van der Waals surface area (Å²) in [4.78, 5) is 12.2. The second kappa shape index (κ2) is 8.60. The lowest BCUT2D eigenvalue weighted by molar-refractivity contribution is 0.102. The summed E-state index contributed by atoms with van der Waals surface area (Å²) in [5.74, 6) is 0.635. The number of thioether (sulfide) groups is 1. The van der Waals surface area contributed by atoms with Crippen LogP contribution >= 0.6 is 23.1 Å². The molecule has 1 heterocycles. The number of hydrogen-bond donors (Lipinski definition) is 1. The first-order valence-corrected chi connectivity index (χ1v) is 9.57. The fourth-order valence-electron chi connectivity index (χ4n) is 2.14. The number of benzene rings is 2. The van der Waals surface area contributed by atoms with E-state index in [-0.39, 0.29) is 5.91 Å². The van der Waals surface area contributed by atoms with Crippen LogP contribution in [-0.2, 0) is 0 Å². The smallest absolute Gasteiger partial charge is 0.257 e. The van der Waals surface area contributed by atoms with Gasteiger partial charge in [0.25, 0.3) is 5.91 Å². The molecule has 0 saturated heterocycles. The number of anilines is 1. The zero-order valence-corrected chi connectivity index (χ0v) is 15.3. The molecule has 0 saturated carbocycles. The number of nitrogens with one attached hydrogen (secondary N) is 1. The number of carbonyl (C=O) groups is 1. The molecule has 0 aliphatic rings. The summed E-state index contributed by atoms with van der Waals surface area (Å²) in [6.45, 7) is 1.96. The Hall–Kier alpha value is -2.44. The molecule has 0 fully saturated rings. The quantitative estimate of drug-likeness (QED) is 0.497. The van der Waals surface area contributed by atoms with E-state index in [1.807, 2.05) is 43.3 Å². The van der Waals surface area contributed by atoms with Crippen LogP contribution in [0.5, 0.6) is 0 Å². The van der Waals surface area contributed by atoms with Gasteiger partial charge in [-0.15, -0.1) is 10.2 Å². The van der Waals surface area contributed by atoms with Gasteiger partial charge >= 0.3 is 0 Å². The van der Waals surface area contributed by atoms with Crippen molar-refractivity contribution in [3.63, 3.8) is 0 Å². The van der Waals surface area contributed by atoms with Gasteiger partial charge in [-0.25, -0.2) is 0 Å². The molecule has 3 rings (SSSR count). The zero-order valence-electron chi connectivity index (χ0n) is 13.7. The molecule has 0 aliphatic heterocycles. The fourth-order valence-corrected chi connectivity index (χ4v) is 3.72. The highest BCUT2D eigenvalue weighted by molar-refractivity contribution is 8.01. The third kappa shape index (κ3) is 5.27. The van der Waals surface area contributed by atoms with E-state index in [9.17, 15) is 4.79 Å². The van der Waals surface area contributed by atoms with Crippen LogP contribution in [0.15, 0.2) is 65.0 Å². The van der Waals surface area contributed by atoms with E-state index < -0.39 is 0 Å². The normalized spacial score (nSPS) is 10.9. The fraction of sp³-hybridized carbons (Fsp3) is 0.105. The number of rotatable bonds is 6. The van der Waals surface area contributed by atoms with Crippen LogP contribution in [-0.4, -0.2) is 21.9 Å². The van der Waals surface area contributed by atoms with E-state index in [2.05, 4.69) is 39.8 Å². The summed E-state index contributed by atoms with van der Waals surface area (Å²) in [5.41, 5.74) is 2.84. The summed E-state index contributed by atoms with van der Waals surface area (Å²) < 4.78 is 0.831. The molecular weight excluding hydrogens is 350 g/mol. The number of carbonyl (C=O) groups excluding carboxylic acids is 1. The molecule has 4 nitrogen and oxygen atoms in total. The van der Waals surface area contributed by atoms with Crippen molar-refractivity contribution in [3.05, 3.63) is 77.4 Å². The van der Waals surface area contributed by atoms with Gasteiger partial charge in [0.2, 0.25) is 5.13 Å². The Balaban J connectivity index is 1.52. The summed E-state index contributed by atoms with van der Waals surface area (Å²) in [5, 5.41) is 11.5. The summed E-state index contributed by atoms with van der Waals surface area (Å²) in [6.07, 6.45) is 4.17. The van der Waals surface area contributed by atoms with Gasteiger partial charge in [-0.2, -0.15) is 0 Å². The second-order valence-corrected chi connectivity index (χ2v) is 7.57. The Morgan fingerprint density at radius 3 is 2.80 bits per heavy atom. The van der Waals surface area contributed by atoms with Crippen molar-refractivity contribution < 1.29 is 4.79 Å². The molecule has 126 valence electrons. The van der Waals surface area contributed by atoms with Crippen LogP contribution < -0.4 is 5.32 Å². The van der Waals surface area contributed by atoms with Gasteiger partial charge in [0.1, 0.15) is 0 Å². The van der Waals surface area contributed by atoms with Crippen molar-refractivity contribution in [1.29, 1.82) is 0 Å². The molecular formula is C19H17N3OS2. The molecule has 0 unspecified atom stereocenters. The standard InChI is InChI=1S/C19H17N3OS2/c1-14-7-5-11-16(13-14)17(23)20-18-21-22-19(25-18)24-12-6-10-15-8-3-2-4-9-15/h2-11,13H,12H2,1H3,(H,20,21,23)/b10-6+. The minimum atomic E-state index is -0.166. The Kier molecular flexibility index (Phi) is 5.98. The summed E-state index contributed by atoms with van der Waals surface area (Å²) in [7, 11) is 0. The first kappa shape index (κ1) is 17.4. The third-order valence-corrected chi connectivity index (χ3v) is 5.24. The van der Waals surface area contributed by atoms with Crippen molar-refractivity contribution >= 4 is 40.2 Å². The van der Waals surface area contributed by atoms with Crippen LogP contribution in [0.4, 0.5) is 5.13 Å². The Morgan fingerprint density at radius 1 is 1.16 bits per heavy atom. The van der Waals surface area contributed by atoms with Crippen LogP contribution in [0.1, 0.15) is 21.5 Å². The van der Waals surface area contributed by atoms with E-state index in [0.717, 1.165) is 15.7 Å². The van der Waals surface area contributed by atoms with E-state index in [0.29, 0.717) is 10.7 Å².